The summed E-state index contributed by atoms with van der Waals surface area (Å²) in [7, 11) is -1.89. The molecule has 2 atom stereocenters. The van der Waals surface area contributed by atoms with Crippen molar-refractivity contribution in [2.45, 2.75) is 59.4 Å². The molecular weight excluding hydrogens is 326 g/mol. The number of rotatable bonds is 5. The van der Waals surface area contributed by atoms with Gasteiger partial charge >= 0.3 is 6.09 Å². The van der Waals surface area contributed by atoms with E-state index in [1.165, 1.54) is 5.19 Å². The standard InChI is InChI=1S/C21H31NO2Si/c1-9-13-19(22-20(23)24-21(4,5)6)16(2)17(3)25(7,8)18-14-11-10-12-15-18/h10-12,14-16,19H,3H2,1-2,4-8H3,(H,22,23)/t16-,19+/m0/s1. The minimum atomic E-state index is -1.89. The number of hydrogen-bond donors (Lipinski definition) is 1. The van der Waals surface area contributed by atoms with Crippen LogP contribution in [0.4, 0.5) is 4.79 Å². The second-order valence-corrected chi connectivity index (χ2v) is 12.3. The summed E-state index contributed by atoms with van der Waals surface area (Å²) < 4.78 is 5.38. The molecule has 0 aliphatic heterocycles. The van der Waals surface area contributed by atoms with Crippen molar-refractivity contribution in [1.82, 2.24) is 5.32 Å². The van der Waals surface area contributed by atoms with Gasteiger partial charge in [0, 0.05) is 5.92 Å². The monoisotopic (exact) mass is 357 g/mol. The summed E-state index contributed by atoms with van der Waals surface area (Å²) in [5.74, 6) is 6.05. The zero-order valence-electron chi connectivity index (χ0n) is 16.6. The van der Waals surface area contributed by atoms with Crippen LogP contribution in [0.2, 0.25) is 13.1 Å². The van der Waals surface area contributed by atoms with Gasteiger partial charge in [-0.3, -0.25) is 0 Å². The molecule has 0 saturated heterocycles. The SMILES string of the molecule is C=C([C@H](C)[C@@H](C#CC)NC(=O)OC(C)(C)C)[Si](C)(C)c1ccccc1. The van der Waals surface area contributed by atoms with Crippen LogP contribution in [0, 0.1) is 17.8 Å². The molecule has 1 rings (SSSR count). The van der Waals surface area contributed by atoms with Gasteiger partial charge in [0.2, 0.25) is 0 Å². The Labute approximate surface area is 153 Å². The van der Waals surface area contributed by atoms with Gasteiger partial charge in [-0.1, -0.05) is 66.7 Å². The molecular formula is C21H31NO2Si. The van der Waals surface area contributed by atoms with Gasteiger partial charge in [-0.2, -0.15) is 0 Å². The lowest BCUT2D eigenvalue weighted by Gasteiger charge is -2.33. The van der Waals surface area contributed by atoms with Gasteiger partial charge < -0.3 is 10.1 Å². The van der Waals surface area contributed by atoms with Gasteiger partial charge in [0.05, 0.1) is 6.04 Å². The minimum Gasteiger partial charge on any atom is -0.444 e. The molecule has 1 aromatic carbocycles. The van der Waals surface area contributed by atoms with E-state index in [-0.39, 0.29) is 12.0 Å². The third kappa shape index (κ3) is 6.10. The van der Waals surface area contributed by atoms with Crippen molar-refractivity contribution in [3.05, 3.63) is 42.1 Å². The molecule has 1 amide bonds. The molecule has 1 aromatic rings. The predicted octanol–water partition coefficient (Wildman–Crippen LogP) is 4.25. The maximum absolute atomic E-state index is 12.2. The smallest absolute Gasteiger partial charge is 0.408 e. The Morgan fingerprint density at radius 2 is 1.80 bits per heavy atom. The molecule has 0 spiro atoms. The summed E-state index contributed by atoms with van der Waals surface area (Å²) in [6.07, 6.45) is -0.445. The van der Waals surface area contributed by atoms with Gasteiger partial charge in [0.25, 0.3) is 0 Å². The average Bonchev–Trinajstić information content (AvgIpc) is 2.52. The fraction of sp³-hybridized carbons (Fsp3) is 0.476. The lowest BCUT2D eigenvalue weighted by molar-refractivity contribution is 0.0508. The quantitative estimate of drug-likeness (QED) is 0.632. The third-order valence-electron chi connectivity index (χ3n) is 4.32. The van der Waals surface area contributed by atoms with Crippen LogP contribution in [0.1, 0.15) is 34.6 Å². The number of ether oxygens (including phenoxy) is 1. The van der Waals surface area contributed by atoms with Gasteiger partial charge in [-0.15, -0.1) is 12.5 Å². The van der Waals surface area contributed by atoms with E-state index in [9.17, 15) is 4.79 Å². The molecule has 1 N–H and O–H groups in total. The lowest BCUT2D eigenvalue weighted by Crippen LogP contribution is -2.50. The van der Waals surface area contributed by atoms with Crippen molar-refractivity contribution >= 4 is 19.4 Å². The fourth-order valence-corrected chi connectivity index (χ4v) is 5.39. The van der Waals surface area contributed by atoms with Crippen LogP contribution in [0.25, 0.3) is 0 Å². The molecule has 136 valence electrons. The number of alkyl carbamates (subject to hydrolysis) is 1. The second-order valence-electron chi connectivity index (χ2n) is 7.82. The highest BCUT2D eigenvalue weighted by atomic mass is 28.3. The van der Waals surface area contributed by atoms with Crippen molar-refractivity contribution in [3.8, 4) is 11.8 Å². The van der Waals surface area contributed by atoms with Crippen molar-refractivity contribution < 1.29 is 9.53 Å². The number of amides is 1. The molecule has 0 aromatic heterocycles. The number of carbonyl (C=O) groups excluding carboxylic acids is 1. The zero-order valence-corrected chi connectivity index (χ0v) is 17.6. The van der Waals surface area contributed by atoms with E-state index >= 15 is 0 Å². The molecule has 0 radical (unpaired) electrons. The molecule has 0 unspecified atom stereocenters. The van der Waals surface area contributed by atoms with Crippen LogP contribution >= 0.6 is 0 Å². The highest BCUT2D eigenvalue weighted by Crippen LogP contribution is 2.24. The van der Waals surface area contributed by atoms with E-state index in [1.54, 1.807) is 6.92 Å². The highest BCUT2D eigenvalue weighted by Gasteiger charge is 2.33. The molecule has 0 saturated carbocycles. The molecule has 0 aliphatic carbocycles. The fourth-order valence-electron chi connectivity index (χ4n) is 2.69. The maximum Gasteiger partial charge on any atom is 0.408 e. The number of carbonyl (C=O) groups is 1. The Hall–Kier alpha value is -1.99. The van der Waals surface area contributed by atoms with Crippen LogP contribution in [-0.4, -0.2) is 25.8 Å². The molecule has 0 aliphatic rings. The van der Waals surface area contributed by atoms with Crippen LogP contribution < -0.4 is 10.5 Å². The Morgan fingerprint density at radius 3 is 2.28 bits per heavy atom. The van der Waals surface area contributed by atoms with Crippen molar-refractivity contribution in [1.29, 1.82) is 0 Å². The van der Waals surface area contributed by atoms with Crippen LogP contribution in [0.3, 0.4) is 0 Å². The van der Waals surface area contributed by atoms with E-state index in [0.717, 1.165) is 5.20 Å². The summed E-state index contributed by atoms with van der Waals surface area (Å²) in [6, 6.07) is 10.1. The molecule has 25 heavy (non-hydrogen) atoms. The topological polar surface area (TPSA) is 38.3 Å². The summed E-state index contributed by atoms with van der Waals surface area (Å²) in [4.78, 5) is 12.2. The van der Waals surface area contributed by atoms with Crippen molar-refractivity contribution in [2.75, 3.05) is 0 Å². The largest absolute Gasteiger partial charge is 0.444 e. The van der Waals surface area contributed by atoms with E-state index in [1.807, 2.05) is 26.8 Å². The number of hydrogen-bond acceptors (Lipinski definition) is 2. The molecule has 0 fully saturated rings. The van der Waals surface area contributed by atoms with Crippen molar-refractivity contribution in [2.24, 2.45) is 5.92 Å². The van der Waals surface area contributed by atoms with E-state index in [0.29, 0.717) is 0 Å². The lowest BCUT2D eigenvalue weighted by atomic mass is 10.0. The van der Waals surface area contributed by atoms with Crippen LogP contribution in [0.5, 0.6) is 0 Å². The Morgan fingerprint density at radius 1 is 1.24 bits per heavy atom. The summed E-state index contributed by atoms with van der Waals surface area (Å²) in [5.41, 5.74) is -0.535. The zero-order chi connectivity index (χ0) is 19.3. The third-order valence-corrected chi connectivity index (χ3v) is 8.16. The molecule has 3 nitrogen and oxygen atoms in total. The van der Waals surface area contributed by atoms with E-state index < -0.39 is 19.8 Å². The summed E-state index contributed by atoms with van der Waals surface area (Å²) in [5, 5.41) is 5.39. The predicted molar refractivity (Wildman–Crippen MR) is 108 cm³/mol. The first-order chi connectivity index (χ1) is 11.5. The Balaban J connectivity index is 2.98. The number of benzene rings is 1. The summed E-state index contributed by atoms with van der Waals surface area (Å²) >= 11 is 0. The normalized spacial score (nSPS) is 13.9. The van der Waals surface area contributed by atoms with Gasteiger partial charge in [0.1, 0.15) is 13.7 Å². The van der Waals surface area contributed by atoms with Crippen LogP contribution in [0.15, 0.2) is 42.1 Å². The number of nitrogens with one attached hydrogen (secondary N) is 1. The minimum absolute atomic E-state index is 0.0295. The van der Waals surface area contributed by atoms with Gasteiger partial charge in [-0.25, -0.2) is 4.79 Å². The van der Waals surface area contributed by atoms with Crippen LogP contribution in [-0.2, 0) is 4.74 Å². The highest BCUT2D eigenvalue weighted by molar-refractivity contribution is 6.95. The first-order valence-corrected chi connectivity index (χ1v) is 11.7. The first-order valence-electron chi connectivity index (χ1n) is 8.65. The molecule has 0 bridgehead atoms. The molecule has 0 heterocycles. The maximum atomic E-state index is 12.2. The van der Waals surface area contributed by atoms with Gasteiger partial charge in [0.15, 0.2) is 0 Å². The summed E-state index contributed by atoms with van der Waals surface area (Å²) in [6.45, 7) is 18.4. The second kappa shape index (κ2) is 8.40. The average molecular weight is 358 g/mol. The van der Waals surface area contributed by atoms with E-state index in [2.05, 4.69) is 68.0 Å². The van der Waals surface area contributed by atoms with Crippen molar-refractivity contribution in [3.63, 3.8) is 0 Å². The van der Waals surface area contributed by atoms with Gasteiger partial charge in [-0.05, 0) is 27.7 Å². The van der Waals surface area contributed by atoms with E-state index in [4.69, 9.17) is 4.74 Å². The Kier molecular flexibility index (Phi) is 7.07. The molecule has 4 heteroatoms. The first kappa shape index (κ1) is 21.1. The Bertz CT molecular complexity index is 663.